The smallest absolute Gasteiger partial charge is 0.332 e. The Morgan fingerprint density at radius 1 is 0.784 bits per heavy atom. The zero-order valence-corrected chi connectivity index (χ0v) is 34.2. The summed E-state index contributed by atoms with van der Waals surface area (Å²) < 4.78 is 17.8. The molecule has 5 rings (SSSR count). The Labute approximate surface area is 309 Å². The lowest BCUT2D eigenvalue weighted by Gasteiger charge is -2.73. The highest BCUT2D eigenvalue weighted by Crippen LogP contribution is 2.78. The highest BCUT2D eigenvalue weighted by atomic mass is 16.6. The van der Waals surface area contributed by atoms with Crippen molar-refractivity contribution < 1.29 is 33.7 Å². The van der Waals surface area contributed by atoms with Crippen LogP contribution in [0.3, 0.4) is 0 Å². The fourth-order valence-corrected chi connectivity index (χ4v) is 13.8. The first-order valence-corrected chi connectivity index (χ1v) is 20.3. The molecule has 4 unspecified atom stereocenters. The molecule has 0 saturated heterocycles. The Morgan fingerprint density at radius 2 is 1.47 bits per heavy atom. The summed E-state index contributed by atoms with van der Waals surface area (Å²) in [6.45, 7) is 29.4. The van der Waals surface area contributed by atoms with Crippen LogP contribution in [0.2, 0.25) is 0 Å². The second-order valence-electron chi connectivity index (χ2n) is 21.2. The molecule has 0 spiro atoms. The molecule has 7 heteroatoms. The van der Waals surface area contributed by atoms with Crippen LogP contribution >= 0.6 is 0 Å². The molecular formula is C44H72O7. The highest BCUT2D eigenvalue weighted by molar-refractivity contribution is 5.73. The van der Waals surface area contributed by atoms with Crippen molar-refractivity contribution in [3.63, 3.8) is 0 Å². The minimum atomic E-state index is -0.883. The molecule has 0 radical (unpaired) electrons. The number of carboxylic acids is 1. The SMILES string of the molecule is C=C(C)[C@@H]1CC[C@]2(CCOCC(=O)OC(C)(C)C)CC[C@]3(C)[C@H](CCC4[C@@]5(C)CCC(OC(=O)CC(C)(C)CC(=O)O)C(C)(C)C5CC[C@]43C)C12. The average molecular weight is 713 g/mol. The number of carboxylic acid groups (broad SMARTS) is 1. The van der Waals surface area contributed by atoms with Crippen LogP contribution in [-0.4, -0.2) is 47.9 Å². The number of carbonyl (C=O) groups is 3. The van der Waals surface area contributed by atoms with Gasteiger partial charge in [-0.25, -0.2) is 4.79 Å². The number of aliphatic carboxylic acids is 1. The van der Waals surface area contributed by atoms with Gasteiger partial charge < -0.3 is 19.3 Å². The van der Waals surface area contributed by atoms with E-state index in [0.717, 1.165) is 25.7 Å². The quantitative estimate of drug-likeness (QED) is 0.129. The van der Waals surface area contributed by atoms with Crippen LogP contribution < -0.4 is 0 Å². The number of rotatable bonds is 11. The Hall–Kier alpha value is -1.89. The number of carbonyl (C=O) groups excluding carboxylic acids is 2. The van der Waals surface area contributed by atoms with Gasteiger partial charge in [-0.3, -0.25) is 9.59 Å². The third kappa shape index (κ3) is 7.33. The summed E-state index contributed by atoms with van der Waals surface area (Å²) in [5, 5.41) is 9.34. The van der Waals surface area contributed by atoms with Crippen molar-refractivity contribution in [2.24, 2.45) is 62.1 Å². The third-order valence-corrected chi connectivity index (χ3v) is 16.1. The van der Waals surface area contributed by atoms with Crippen LogP contribution in [0.4, 0.5) is 0 Å². The molecule has 0 aromatic heterocycles. The van der Waals surface area contributed by atoms with E-state index in [1.54, 1.807) is 0 Å². The Bertz CT molecular complexity index is 1360. The fourth-order valence-electron chi connectivity index (χ4n) is 13.8. The minimum absolute atomic E-state index is 0.0156. The second kappa shape index (κ2) is 13.8. The summed E-state index contributed by atoms with van der Waals surface area (Å²) >= 11 is 0. The lowest BCUT2D eigenvalue weighted by atomic mass is 9.32. The van der Waals surface area contributed by atoms with E-state index in [2.05, 4.69) is 48.1 Å². The standard InChI is InChI=1S/C44H72O7/c1-28(2)29-15-20-44(23-24-49-27-36(48)51-38(3,4)5)22-21-42(11)30(37(29)44)13-14-32-41(10)18-17-33(40(8,9)31(41)16-19-43(32,42)12)50-35(47)26-39(6,7)25-34(45)46/h29-33,37H,1,13-27H2,2-12H3,(H,45,46)/t29-,30+,31?,32?,33?,37?,41-,42+,43+,44+/m0/s1. The Balaban J connectivity index is 1.33. The molecule has 7 nitrogen and oxygen atoms in total. The van der Waals surface area contributed by atoms with Gasteiger partial charge in [0.1, 0.15) is 18.3 Å². The van der Waals surface area contributed by atoms with Gasteiger partial charge in [-0.2, -0.15) is 0 Å². The molecule has 10 atom stereocenters. The molecule has 51 heavy (non-hydrogen) atoms. The van der Waals surface area contributed by atoms with Crippen molar-refractivity contribution in [1.82, 2.24) is 0 Å². The van der Waals surface area contributed by atoms with Gasteiger partial charge in [0.05, 0.1) is 12.8 Å². The van der Waals surface area contributed by atoms with E-state index in [-0.39, 0.29) is 64.6 Å². The van der Waals surface area contributed by atoms with Gasteiger partial charge >= 0.3 is 17.9 Å². The first kappa shape index (κ1) is 40.3. The van der Waals surface area contributed by atoms with Crippen LogP contribution in [0.5, 0.6) is 0 Å². The maximum atomic E-state index is 13.2. The van der Waals surface area contributed by atoms with Gasteiger partial charge in [0.2, 0.25) is 0 Å². The molecule has 5 fully saturated rings. The highest BCUT2D eigenvalue weighted by Gasteiger charge is 2.71. The topological polar surface area (TPSA) is 99.1 Å². The van der Waals surface area contributed by atoms with Crippen molar-refractivity contribution in [2.45, 2.75) is 171 Å². The number of allylic oxidation sites excluding steroid dienone is 1. The van der Waals surface area contributed by atoms with Crippen molar-refractivity contribution in [3.8, 4) is 0 Å². The van der Waals surface area contributed by atoms with Gasteiger partial charge in [-0.05, 0) is 155 Å². The van der Waals surface area contributed by atoms with E-state index < -0.39 is 17.0 Å². The predicted octanol–water partition coefficient (Wildman–Crippen LogP) is 10.2. The summed E-state index contributed by atoms with van der Waals surface area (Å²) in [6, 6.07) is 0. The first-order valence-electron chi connectivity index (χ1n) is 20.3. The number of esters is 2. The zero-order valence-electron chi connectivity index (χ0n) is 34.2. The van der Waals surface area contributed by atoms with Crippen LogP contribution in [0, 0.1) is 62.1 Å². The lowest BCUT2D eigenvalue weighted by molar-refractivity contribution is -0.251. The fraction of sp³-hybridized carbons (Fsp3) is 0.886. The van der Waals surface area contributed by atoms with Crippen LogP contribution in [0.1, 0.15) is 160 Å². The molecule has 0 aromatic carbocycles. The van der Waals surface area contributed by atoms with Gasteiger partial charge in [0.15, 0.2) is 0 Å². The van der Waals surface area contributed by atoms with Gasteiger partial charge in [0, 0.05) is 12.0 Å². The molecule has 0 bridgehead atoms. The molecule has 0 amide bonds. The van der Waals surface area contributed by atoms with Crippen LogP contribution in [-0.2, 0) is 28.6 Å². The van der Waals surface area contributed by atoms with Gasteiger partial charge in [-0.1, -0.05) is 60.6 Å². The summed E-state index contributed by atoms with van der Waals surface area (Å²) in [7, 11) is 0. The van der Waals surface area contributed by atoms with E-state index in [0.29, 0.717) is 36.2 Å². The Morgan fingerprint density at radius 3 is 2.10 bits per heavy atom. The van der Waals surface area contributed by atoms with Crippen molar-refractivity contribution in [3.05, 3.63) is 12.2 Å². The maximum Gasteiger partial charge on any atom is 0.332 e. The maximum absolute atomic E-state index is 13.2. The molecule has 5 aliphatic rings. The normalized spacial score (nSPS) is 40.2. The Kier molecular flexibility index (Phi) is 10.9. The summed E-state index contributed by atoms with van der Waals surface area (Å²) in [6.07, 6.45) is 12.6. The molecule has 0 aromatic rings. The molecular weight excluding hydrogens is 640 g/mol. The van der Waals surface area contributed by atoms with Crippen molar-refractivity contribution >= 4 is 17.9 Å². The van der Waals surface area contributed by atoms with E-state index in [4.69, 9.17) is 14.2 Å². The monoisotopic (exact) mass is 713 g/mol. The third-order valence-electron chi connectivity index (χ3n) is 16.1. The molecule has 1 N–H and O–H groups in total. The van der Waals surface area contributed by atoms with Crippen LogP contribution in [0.25, 0.3) is 0 Å². The summed E-state index contributed by atoms with van der Waals surface area (Å²) in [4.78, 5) is 37.0. The number of hydrogen-bond acceptors (Lipinski definition) is 6. The molecule has 0 aliphatic heterocycles. The van der Waals surface area contributed by atoms with E-state index in [1.807, 2.05) is 34.6 Å². The van der Waals surface area contributed by atoms with E-state index in [9.17, 15) is 19.5 Å². The number of hydrogen-bond donors (Lipinski definition) is 1. The van der Waals surface area contributed by atoms with Crippen molar-refractivity contribution in [2.75, 3.05) is 13.2 Å². The predicted molar refractivity (Wildman–Crippen MR) is 201 cm³/mol. The average Bonchev–Trinajstić information content (AvgIpc) is 3.35. The zero-order chi connectivity index (χ0) is 38.0. The van der Waals surface area contributed by atoms with Crippen molar-refractivity contribution in [1.29, 1.82) is 0 Å². The first-order chi connectivity index (χ1) is 23.4. The summed E-state index contributed by atoms with van der Waals surface area (Å²) in [5.41, 5.74) is 0.899. The van der Waals surface area contributed by atoms with E-state index in [1.165, 1.54) is 50.5 Å². The number of ether oxygens (including phenoxy) is 3. The molecule has 5 saturated carbocycles. The van der Waals surface area contributed by atoms with Gasteiger partial charge in [-0.15, -0.1) is 0 Å². The molecule has 290 valence electrons. The molecule has 0 heterocycles. The van der Waals surface area contributed by atoms with E-state index >= 15 is 0 Å². The lowest BCUT2D eigenvalue weighted by Crippen LogP contribution is -2.66. The largest absolute Gasteiger partial charge is 0.481 e. The van der Waals surface area contributed by atoms with Gasteiger partial charge in [0.25, 0.3) is 0 Å². The minimum Gasteiger partial charge on any atom is -0.481 e. The van der Waals surface area contributed by atoms with Crippen LogP contribution in [0.15, 0.2) is 12.2 Å². The summed E-state index contributed by atoms with van der Waals surface area (Å²) in [5.74, 6) is 1.42. The second-order valence-corrected chi connectivity index (χ2v) is 21.2. The number of fused-ring (bicyclic) bond motifs is 7. The molecule has 5 aliphatic carbocycles.